The van der Waals surface area contributed by atoms with Gasteiger partial charge < -0.3 is 20.2 Å². The number of anilines is 2. The maximum atomic E-state index is 12.8. The van der Waals surface area contributed by atoms with Crippen molar-refractivity contribution in [3.63, 3.8) is 0 Å². The van der Waals surface area contributed by atoms with Gasteiger partial charge in [-0.15, -0.1) is 0 Å². The number of nitrogens with zero attached hydrogens (tertiary/aromatic N) is 2. The van der Waals surface area contributed by atoms with Gasteiger partial charge in [0.05, 0.1) is 11.4 Å². The molecule has 25 heavy (non-hydrogen) atoms. The van der Waals surface area contributed by atoms with E-state index in [-0.39, 0.29) is 12.6 Å². The number of rotatable bonds is 7. The number of aliphatic hydroxyl groups excluding tert-OH is 1. The zero-order valence-electron chi connectivity index (χ0n) is 15.1. The number of urea groups is 1. The van der Waals surface area contributed by atoms with Gasteiger partial charge in [-0.25, -0.2) is 4.79 Å². The molecule has 1 aromatic rings. The molecule has 2 aliphatic rings. The molecule has 0 radical (unpaired) electrons. The van der Waals surface area contributed by atoms with Crippen molar-refractivity contribution in [3.8, 4) is 0 Å². The molecular formula is C20H31N3O2. The van der Waals surface area contributed by atoms with E-state index in [1.165, 1.54) is 25.7 Å². The number of carbonyl (C=O) groups excluding carboxylic acids is 1. The van der Waals surface area contributed by atoms with Crippen molar-refractivity contribution in [2.75, 3.05) is 36.5 Å². The molecule has 0 bridgehead atoms. The van der Waals surface area contributed by atoms with Crippen molar-refractivity contribution in [2.45, 2.75) is 57.4 Å². The first-order chi connectivity index (χ1) is 12.3. The second-order valence-electron chi connectivity index (χ2n) is 7.20. The standard InChI is InChI=1S/C20H31N3O2/c24-16-8-7-15-23(17-11-12-17)20(25)21-18-9-3-4-10-19(18)22-13-5-1-2-6-14-22/h3-4,9-10,17,24H,1-2,5-8,11-16H2,(H,21,25). The van der Waals surface area contributed by atoms with Gasteiger partial charge in [-0.1, -0.05) is 25.0 Å². The van der Waals surface area contributed by atoms with Crippen molar-refractivity contribution in [3.05, 3.63) is 24.3 Å². The zero-order chi connectivity index (χ0) is 17.5. The van der Waals surface area contributed by atoms with E-state index in [2.05, 4.69) is 22.3 Å². The van der Waals surface area contributed by atoms with Gasteiger partial charge in [0.15, 0.2) is 0 Å². The molecule has 0 aromatic heterocycles. The molecule has 2 N–H and O–H groups in total. The van der Waals surface area contributed by atoms with Gasteiger partial charge in [0, 0.05) is 32.3 Å². The minimum atomic E-state index is 0.00251. The summed E-state index contributed by atoms with van der Waals surface area (Å²) in [6.07, 6.45) is 8.83. The Hall–Kier alpha value is -1.75. The van der Waals surface area contributed by atoms with E-state index in [1.807, 2.05) is 17.0 Å². The van der Waals surface area contributed by atoms with Crippen LogP contribution in [0.15, 0.2) is 24.3 Å². The highest BCUT2D eigenvalue weighted by molar-refractivity contribution is 5.93. The van der Waals surface area contributed by atoms with Crippen molar-refractivity contribution in [1.29, 1.82) is 0 Å². The van der Waals surface area contributed by atoms with E-state index in [0.29, 0.717) is 6.04 Å². The Morgan fingerprint density at radius 1 is 1.12 bits per heavy atom. The molecule has 1 saturated carbocycles. The molecule has 5 heteroatoms. The van der Waals surface area contributed by atoms with Gasteiger partial charge >= 0.3 is 6.03 Å². The van der Waals surface area contributed by atoms with Crippen LogP contribution in [0.25, 0.3) is 0 Å². The molecule has 5 nitrogen and oxygen atoms in total. The Morgan fingerprint density at radius 3 is 2.52 bits per heavy atom. The third-order valence-electron chi connectivity index (χ3n) is 5.15. The average molecular weight is 345 g/mol. The minimum absolute atomic E-state index is 0.00251. The summed E-state index contributed by atoms with van der Waals surface area (Å²) in [5.41, 5.74) is 2.06. The maximum absolute atomic E-state index is 12.8. The molecule has 2 fully saturated rings. The monoisotopic (exact) mass is 345 g/mol. The number of para-hydroxylation sites is 2. The lowest BCUT2D eigenvalue weighted by Crippen LogP contribution is -2.38. The fourth-order valence-corrected chi connectivity index (χ4v) is 3.58. The van der Waals surface area contributed by atoms with Gasteiger partial charge in [-0.3, -0.25) is 0 Å². The minimum Gasteiger partial charge on any atom is -0.396 e. The normalized spacial score (nSPS) is 17.9. The van der Waals surface area contributed by atoms with Crippen molar-refractivity contribution in [1.82, 2.24) is 4.90 Å². The van der Waals surface area contributed by atoms with E-state index < -0.39 is 0 Å². The molecular weight excluding hydrogens is 314 g/mol. The molecule has 1 saturated heterocycles. The number of aliphatic hydroxyl groups is 1. The van der Waals surface area contributed by atoms with Gasteiger partial charge in [-0.05, 0) is 50.7 Å². The third-order valence-corrected chi connectivity index (χ3v) is 5.15. The van der Waals surface area contributed by atoms with Gasteiger partial charge in [0.25, 0.3) is 0 Å². The highest BCUT2D eigenvalue weighted by Gasteiger charge is 2.32. The van der Waals surface area contributed by atoms with E-state index in [0.717, 1.165) is 56.7 Å². The fourth-order valence-electron chi connectivity index (χ4n) is 3.58. The first-order valence-electron chi connectivity index (χ1n) is 9.82. The molecule has 1 heterocycles. The number of unbranched alkanes of at least 4 members (excludes halogenated alkanes) is 1. The van der Waals surface area contributed by atoms with Crippen LogP contribution in [0.5, 0.6) is 0 Å². The smallest absolute Gasteiger partial charge is 0.322 e. The number of nitrogens with one attached hydrogen (secondary N) is 1. The molecule has 138 valence electrons. The molecule has 0 unspecified atom stereocenters. The van der Waals surface area contributed by atoms with Gasteiger partial charge in [-0.2, -0.15) is 0 Å². The number of amides is 2. The summed E-state index contributed by atoms with van der Waals surface area (Å²) in [6.45, 7) is 3.05. The fraction of sp³-hybridized carbons (Fsp3) is 0.650. The van der Waals surface area contributed by atoms with Crippen LogP contribution in [0.1, 0.15) is 51.4 Å². The largest absolute Gasteiger partial charge is 0.396 e. The quantitative estimate of drug-likeness (QED) is 0.738. The predicted molar refractivity (Wildman–Crippen MR) is 102 cm³/mol. The van der Waals surface area contributed by atoms with Crippen molar-refractivity contribution >= 4 is 17.4 Å². The predicted octanol–water partition coefficient (Wildman–Crippen LogP) is 3.84. The Kier molecular flexibility index (Phi) is 6.56. The van der Waals surface area contributed by atoms with Crippen LogP contribution in [0.4, 0.5) is 16.2 Å². The zero-order valence-corrected chi connectivity index (χ0v) is 15.1. The average Bonchev–Trinajstić information content (AvgIpc) is 3.46. The van der Waals surface area contributed by atoms with Crippen LogP contribution in [0.2, 0.25) is 0 Å². The van der Waals surface area contributed by atoms with E-state index >= 15 is 0 Å². The lowest BCUT2D eigenvalue weighted by molar-refractivity contribution is 0.204. The summed E-state index contributed by atoms with van der Waals surface area (Å²) < 4.78 is 0. The Balaban J connectivity index is 1.67. The molecule has 1 aliphatic carbocycles. The second kappa shape index (κ2) is 9.09. The van der Waals surface area contributed by atoms with Crippen LogP contribution in [0.3, 0.4) is 0 Å². The van der Waals surface area contributed by atoms with Crippen LogP contribution in [-0.4, -0.2) is 48.3 Å². The summed E-state index contributed by atoms with van der Waals surface area (Å²) in [6, 6.07) is 8.55. The molecule has 0 atom stereocenters. The summed E-state index contributed by atoms with van der Waals surface area (Å²) in [7, 11) is 0. The molecule has 2 amide bonds. The highest BCUT2D eigenvalue weighted by atomic mass is 16.3. The molecule has 1 aliphatic heterocycles. The first-order valence-corrected chi connectivity index (χ1v) is 9.82. The van der Waals surface area contributed by atoms with E-state index in [1.54, 1.807) is 0 Å². The number of benzene rings is 1. The first kappa shape index (κ1) is 18.1. The summed E-state index contributed by atoms with van der Waals surface area (Å²) >= 11 is 0. The Bertz CT molecular complexity index is 552. The van der Waals surface area contributed by atoms with Gasteiger partial charge in [0.2, 0.25) is 0 Å². The second-order valence-corrected chi connectivity index (χ2v) is 7.20. The van der Waals surface area contributed by atoms with Crippen molar-refractivity contribution in [2.24, 2.45) is 0 Å². The highest BCUT2D eigenvalue weighted by Crippen LogP contribution is 2.31. The number of hydrogen-bond acceptors (Lipinski definition) is 3. The van der Waals surface area contributed by atoms with Crippen LogP contribution < -0.4 is 10.2 Å². The number of hydrogen-bond donors (Lipinski definition) is 2. The Morgan fingerprint density at radius 2 is 1.84 bits per heavy atom. The van der Waals surface area contributed by atoms with Crippen molar-refractivity contribution < 1.29 is 9.90 Å². The van der Waals surface area contributed by atoms with Crippen LogP contribution >= 0.6 is 0 Å². The molecule has 1 aromatic carbocycles. The van der Waals surface area contributed by atoms with E-state index in [9.17, 15) is 4.79 Å². The van der Waals surface area contributed by atoms with Crippen LogP contribution in [0, 0.1) is 0 Å². The summed E-state index contributed by atoms with van der Waals surface area (Å²) in [5.74, 6) is 0. The van der Waals surface area contributed by atoms with E-state index in [4.69, 9.17) is 5.11 Å². The summed E-state index contributed by atoms with van der Waals surface area (Å²) in [4.78, 5) is 17.2. The number of carbonyl (C=O) groups is 1. The van der Waals surface area contributed by atoms with Gasteiger partial charge in [0.1, 0.15) is 0 Å². The lowest BCUT2D eigenvalue weighted by atomic mass is 10.2. The maximum Gasteiger partial charge on any atom is 0.322 e. The van der Waals surface area contributed by atoms with Crippen LogP contribution in [-0.2, 0) is 0 Å². The topological polar surface area (TPSA) is 55.8 Å². The molecule has 0 spiro atoms. The third kappa shape index (κ3) is 5.11. The molecule has 3 rings (SSSR count). The SMILES string of the molecule is O=C(Nc1ccccc1N1CCCCCC1)N(CCCCO)C1CC1. The summed E-state index contributed by atoms with van der Waals surface area (Å²) in [5, 5.41) is 12.1. The lowest BCUT2D eigenvalue weighted by Gasteiger charge is -2.27. The Labute approximate surface area is 151 Å².